The zero-order valence-electron chi connectivity index (χ0n) is 15.6. The van der Waals surface area contributed by atoms with Crippen molar-refractivity contribution < 1.29 is 17.9 Å². The van der Waals surface area contributed by atoms with Gasteiger partial charge in [-0.15, -0.1) is 0 Å². The highest BCUT2D eigenvalue weighted by Crippen LogP contribution is 2.31. The topological polar surface area (TPSA) is 81.5 Å². The van der Waals surface area contributed by atoms with Crippen molar-refractivity contribution in [1.82, 2.24) is 14.7 Å². The Hall–Kier alpha value is -3.13. The molecule has 0 saturated carbocycles. The summed E-state index contributed by atoms with van der Waals surface area (Å²) in [6.07, 6.45) is 1.36. The fourth-order valence-corrected chi connectivity index (χ4v) is 3.97. The number of sulfone groups is 1. The second kappa shape index (κ2) is 8.26. The molecule has 28 heavy (non-hydrogen) atoms. The van der Waals surface area contributed by atoms with E-state index >= 15 is 0 Å². The molecule has 0 fully saturated rings. The Labute approximate surface area is 164 Å². The Morgan fingerprint density at radius 3 is 2.32 bits per heavy atom. The number of ether oxygens (including phenoxy) is 1. The third-order valence-electron chi connectivity index (χ3n) is 4.18. The first kappa shape index (κ1) is 19.6. The summed E-state index contributed by atoms with van der Waals surface area (Å²) in [5, 5.41) is 3.79. The van der Waals surface area contributed by atoms with Crippen LogP contribution >= 0.6 is 0 Å². The number of para-hydroxylation sites is 2. The van der Waals surface area contributed by atoms with Crippen LogP contribution in [0.2, 0.25) is 0 Å². The lowest BCUT2D eigenvalue weighted by Gasteiger charge is -2.17. The summed E-state index contributed by atoms with van der Waals surface area (Å²) in [4.78, 5) is 13.9. The van der Waals surface area contributed by atoms with Gasteiger partial charge in [-0.3, -0.25) is 0 Å². The summed E-state index contributed by atoms with van der Waals surface area (Å²) in [7, 11) is -3.97. The van der Waals surface area contributed by atoms with E-state index in [-0.39, 0.29) is 21.7 Å². The van der Waals surface area contributed by atoms with Gasteiger partial charge in [-0.25, -0.2) is 13.2 Å². The van der Waals surface area contributed by atoms with Crippen molar-refractivity contribution in [2.75, 3.05) is 13.1 Å². The van der Waals surface area contributed by atoms with Crippen molar-refractivity contribution in [3.05, 3.63) is 66.9 Å². The predicted molar refractivity (Wildman–Crippen MR) is 104 cm³/mol. The molecule has 0 aliphatic rings. The van der Waals surface area contributed by atoms with Gasteiger partial charge in [0, 0.05) is 19.3 Å². The zero-order valence-corrected chi connectivity index (χ0v) is 16.5. The van der Waals surface area contributed by atoms with Gasteiger partial charge in [0.1, 0.15) is 16.4 Å². The lowest BCUT2D eigenvalue weighted by atomic mass is 10.3. The molecule has 8 heteroatoms. The van der Waals surface area contributed by atoms with Crippen LogP contribution in [0.4, 0.5) is 4.79 Å². The normalized spacial score (nSPS) is 11.2. The number of benzene rings is 2. The fraction of sp³-hybridized carbons (Fsp3) is 0.200. The highest BCUT2D eigenvalue weighted by molar-refractivity contribution is 7.91. The summed E-state index contributed by atoms with van der Waals surface area (Å²) >= 11 is 0. The van der Waals surface area contributed by atoms with E-state index in [2.05, 4.69) is 5.10 Å². The number of hydrogen-bond donors (Lipinski definition) is 0. The van der Waals surface area contributed by atoms with Crippen molar-refractivity contribution in [3.63, 3.8) is 0 Å². The van der Waals surface area contributed by atoms with E-state index in [4.69, 9.17) is 4.74 Å². The van der Waals surface area contributed by atoms with Crippen molar-refractivity contribution in [2.45, 2.75) is 23.8 Å². The molecule has 7 nitrogen and oxygen atoms in total. The predicted octanol–water partition coefficient (Wildman–Crippen LogP) is 3.82. The van der Waals surface area contributed by atoms with Gasteiger partial charge >= 0.3 is 6.03 Å². The molecule has 1 aromatic heterocycles. The number of nitrogens with zero attached hydrogens (tertiary/aromatic N) is 3. The molecular formula is C20H21N3O4S. The van der Waals surface area contributed by atoms with E-state index in [0.29, 0.717) is 18.8 Å². The Morgan fingerprint density at radius 2 is 1.64 bits per heavy atom. The summed E-state index contributed by atoms with van der Waals surface area (Å²) in [5.74, 6) is 0.714. The van der Waals surface area contributed by atoms with E-state index in [1.54, 1.807) is 47.4 Å². The maximum Gasteiger partial charge on any atom is 0.344 e. The van der Waals surface area contributed by atoms with Crippen LogP contribution in [0.1, 0.15) is 13.8 Å². The molecule has 146 valence electrons. The van der Waals surface area contributed by atoms with E-state index in [1.807, 2.05) is 19.9 Å². The highest BCUT2D eigenvalue weighted by Gasteiger charge is 2.26. The van der Waals surface area contributed by atoms with Gasteiger partial charge in [-0.05, 0) is 44.2 Å². The molecule has 0 aliphatic carbocycles. The molecule has 1 amide bonds. The van der Waals surface area contributed by atoms with E-state index in [0.717, 1.165) is 4.68 Å². The molecule has 0 spiro atoms. The lowest BCUT2D eigenvalue weighted by Crippen LogP contribution is -2.34. The Morgan fingerprint density at radius 1 is 1.00 bits per heavy atom. The van der Waals surface area contributed by atoms with Crippen LogP contribution in [0.15, 0.2) is 76.8 Å². The highest BCUT2D eigenvalue weighted by atomic mass is 32.2. The number of aromatic nitrogens is 2. The number of carbonyl (C=O) groups excluding carboxylic acids is 1. The summed E-state index contributed by atoms with van der Waals surface area (Å²) in [5.41, 5.74) is 0. The van der Waals surface area contributed by atoms with Gasteiger partial charge in [0.05, 0.1) is 0 Å². The van der Waals surface area contributed by atoms with Crippen LogP contribution in [-0.4, -0.2) is 42.2 Å². The maximum atomic E-state index is 13.1. The average Bonchev–Trinajstić information content (AvgIpc) is 3.21. The van der Waals surface area contributed by atoms with Gasteiger partial charge in [-0.2, -0.15) is 9.78 Å². The second-order valence-corrected chi connectivity index (χ2v) is 7.78. The van der Waals surface area contributed by atoms with Crippen molar-refractivity contribution >= 4 is 15.9 Å². The number of hydrogen-bond acceptors (Lipinski definition) is 5. The monoisotopic (exact) mass is 399 g/mol. The van der Waals surface area contributed by atoms with Crippen molar-refractivity contribution in [2.24, 2.45) is 0 Å². The standard InChI is InChI=1S/C20H21N3O4S/c1-3-22(4-2)20(24)23-15-14-19(21-23)28(25,26)18-13-9-8-12-17(18)27-16-10-6-5-7-11-16/h5-15H,3-4H2,1-2H3. The van der Waals surface area contributed by atoms with Crippen LogP contribution < -0.4 is 4.74 Å². The maximum absolute atomic E-state index is 13.1. The molecule has 0 radical (unpaired) electrons. The zero-order chi connectivity index (χ0) is 20.1. The van der Waals surface area contributed by atoms with E-state index in [9.17, 15) is 13.2 Å². The van der Waals surface area contributed by atoms with E-state index in [1.165, 1.54) is 18.3 Å². The van der Waals surface area contributed by atoms with Crippen LogP contribution in [0.5, 0.6) is 11.5 Å². The second-order valence-electron chi connectivity index (χ2n) is 5.92. The molecule has 0 atom stereocenters. The van der Waals surface area contributed by atoms with E-state index < -0.39 is 9.84 Å². The van der Waals surface area contributed by atoms with Crippen LogP contribution in [0.25, 0.3) is 0 Å². The lowest BCUT2D eigenvalue weighted by molar-refractivity contribution is 0.201. The van der Waals surface area contributed by atoms with Gasteiger partial charge in [0.15, 0.2) is 5.03 Å². The molecule has 3 rings (SSSR count). The SMILES string of the molecule is CCN(CC)C(=O)n1ccc(S(=O)(=O)c2ccccc2Oc2ccccc2)n1. The number of rotatable bonds is 6. The summed E-state index contributed by atoms with van der Waals surface area (Å²) < 4.78 is 33.0. The molecule has 0 unspecified atom stereocenters. The van der Waals surface area contributed by atoms with Gasteiger partial charge in [-0.1, -0.05) is 30.3 Å². The largest absolute Gasteiger partial charge is 0.456 e. The van der Waals surface area contributed by atoms with Crippen LogP contribution in [0.3, 0.4) is 0 Å². The molecule has 2 aromatic carbocycles. The smallest absolute Gasteiger partial charge is 0.344 e. The molecule has 0 saturated heterocycles. The van der Waals surface area contributed by atoms with Gasteiger partial charge < -0.3 is 9.64 Å². The molecular weight excluding hydrogens is 378 g/mol. The summed E-state index contributed by atoms with van der Waals surface area (Å²) in [6.45, 7) is 4.70. The number of amides is 1. The Kier molecular flexibility index (Phi) is 5.79. The summed E-state index contributed by atoms with van der Waals surface area (Å²) in [6, 6.07) is 16.2. The Balaban J connectivity index is 1.95. The minimum Gasteiger partial charge on any atom is -0.456 e. The minimum absolute atomic E-state index is 0.0145. The third kappa shape index (κ3) is 3.91. The molecule has 1 heterocycles. The Bertz CT molecular complexity index is 1060. The van der Waals surface area contributed by atoms with Crippen LogP contribution in [0, 0.1) is 0 Å². The van der Waals surface area contributed by atoms with Gasteiger partial charge in [0.2, 0.25) is 9.84 Å². The number of carbonyl (C=O) groups is 1. The molecule has 0 aliphatic heterocycles. The first-order chi connectivity index (χ1) is 13.5. The quantitative estimate of drug-likeness (QED) is 0.629. The average molecular weight is 399 g/mol. The molecule has 3 aromatic rings. The fourth-order valence-electron chi connectivity index (χ4n) is 2.68. The first-order valence-electron chi connectivity index (χ1n) is 8.89. The molecule has 0 bridgehead atoms. The van der Waals surface area contributed by atoms with Crippen molar-refractivity contribution in [3.8, 4) is 11.5 Å². The first-order valence-corrected chi connectivity index (χ1v) is 10.4. The van der Waals surface area contributed by atoms with Crippen LogP contribution in [-0.2, 0) is 9.84 Å². The van der Waals surface area contributed by atoms with Crippen molar-refractivity contribution in [1.29, 1.82) is 0 Å². The van der Waals surface area contributed by atoms with Gasteiger partial charge in [0.25, 0.3) is 0 Å². The minimum atomic E-state index is -3.97. The molecule has 0 N–H and O–H groups in total. The third-order valence-corrected chi connectivity index (χ3v) is 5.86.